The Kier molecular flexibility index (Phi) is 44.0. The Bertz CT molecular complexity index is 1110. The first-order valence-electron chi connectivity index (χ1n) is 23.9. The highest BCUT2D eigenvalue weighted by Crippen LogP contribution is 2.14. The van der Waals surface area contributed by atoms with Gasteiger partial charge in [0.1, 0.15) is 13.2 Å². The summed E-state index contributed by atoms with van der Waals surface area (Å²) >= 11 is 0. The summed E-state index contributed by atoms with van der Waals surface area (Å²) in [5.74, 6) is -0.922. The molecule has 0 aliphatic carbocycles. The first kappa shape index (κ1) is 54.9. The molecule has 0 aliphatic heterocycles. The van der Waals surface area contributed by atoms with E-state index in [1.807, 2.05) is 0 Å². The first-order valence-corrected chi connectivity index (χ1v) is 23.9. The van der Waals surface area contributed by atoms with Crippen molar-refractivity contribution in [1.82, 2.24) is 0 Å². The van der Waals surface area contributed by atoms with E-state index in [2.05, 4.69) is 93.7 Å². The van der Waals surface area contributed by atoms with E-state index >= 15 is 0 Å². The second kappa shape index (κ2) is 46.5. The summed E-state index contributed by atoms with van der Waals surface area (Å²) in [5.41, 5.74) is 0. The second-order valence-corrected chi connectivity index (χ2v) is 15.6. The van der Waals surface area contributed by atoms with Crippen molar-refractivity contribution < 1.29 is 28.6 Å². The minimum absolute atomic E-state index is 0.0881. The lowest BCUT2D eigenvalue weighted by molar-refractivity contribution is -0.167. The third kappa shape index (κ3) is 44.0. The van der Waals surface area contributed by atoms with Crippen molar-refractivity contribution in [3.8, 4) is 0 Å². The van der Waals surface area contributed by atoms with Gasteiger partial charge in [-0.05, 0) is 96.3 Å². The van der Waals surface area contributed by atoms with Crippen molar-refractivity contribution in [2.24, 2.45) is 0 Å². The smallest absolute Gasteiger partial charge is 0.306 e. The molecule has 0 aliphatic rings. The minimum atomic E-state index is -0.787. The second-order valence-electron chi connectivity index (χ2n) is 15.6. The summed E-state index contributed by atoms with van der Waals surface area (Å²) < 4.78 is 16.7. The van der Waals surface area contributed by atoms with Gasteiger partial charge in [0, 0.05) is 19.3 Å². The molecule has 0 aromatic carbocycles. The normalized spacial score (nSPS) is 12.7. The lowest BCUT2D eigenvalue weighted by atomic mass is 10.1. The van der Waals surface area contributed by atoms with Gasteiger partial charge >= 0.3 is 17.9 Å². The fourth-order valence-corrected chi connectivity index (χ4v) is 6.44. The third-order valence-corrected chi connectivity index (χ3v) is 9.94. The number of hydrogen-bond acceptors (Lipinski definition) is 6. The summed E-state index contributed by atoms with van der Waals surface area (Å²) in [6, 6.07) is 0. The van der Waals surface area contributed by atoms with Crippen molar-refractivity contribution in [3.05, 3.63) is 72.9 Å². The molecule has 332 valence electrons. The number of unbranched alkanes of at least 4 members (excludes halogenated alkanes) is 19. The number of esters is 3. The third-order valence-electron chi connectivity index (χ3n) is 9.94. The number of ether oxygens (including phenoxy) is 3. The van der Waals surface area contributed by atoms with Gasteiger partial charge in [-0.1, -0.05) is 177 Å². The highest BCUT2D eigenvalue weighted by Gasteiger charge is 2.19. The van der Waals surface area contributed by atoms with Crippen LogP contribution < -0.4 is 0 Å². The zero-order valence-corrected chi connectivity index (χ0v) is 37.8. The van der Waals surface area contributed by atoms with Crippen LogP contribution in [0.5, 0.6) is 0 Å². The SMILES string of the molecule is CC/C=C\C/C=C\CCCCCCCCCC(=O)OCC(COC(=O)CCCCCCC/C=C\C/C=C\CC)OC(=O)CCCCCCCCC/C=C\C/C=C\CC. The molecule has 0 fully saturated rings. The number of hydrogen-bond donors (Lipinski definition) is 0. The summed E-state index contributed by atoms with van der Waals surface area (Å²) in [5, 5.41) is 0. The Morgan fingerprint density at radius 1 is 0.345 bits per heavy atom. The minimum Gasteiger partial charge on any atom is -0.462 e. The van der Waals surface area contributed by atoms with Crippen molar-refractivity contribution in [2.75, 3.05) is 13.2 Å². The van der Waals surface area contributed by atoms with E-state index in [0.29, 0.717) is 19.3 Å². The monoisotopic (exact) mass is 809 g/mol. The van der Waals surface area contributed by atoms with Crippen LogP contribution in [-0.2, 0) is 28.6 Å². The predicted molar refractivity (Wildman–Crippen MR) is 247 cm³/mol. The number of carbonyl (C=O) groups is 3. The van der Waals surface area contributed by atoms with Gasteiger partial charge in [0.25, 0.3) is 0 Å². The average molecular weight is 809 g/mol. The fourth-order valence-electron chi connectivity index (χ4n) is 6.44. The van der Waals surface area contributed by atoms with Crippen molar-refractivity contribution >= 4 is 17.9 Å². The lowest BCUT2D eigenvalue weighted by Gasteiger charge is -2.18. The van der Waals surface area contributed by atoms with Crippen LogP contribution >= 0.6 is 0 Å². The number of rotatable bonds is 42. The topological polar surface area (TPSA) is 78.9 Å². The summed E-state index contributed by atoms with van der Waals surface area (Å²) in [4.78, 5) is 37.8. The molecule has 0 saturated carbocycles. The molecular formula is C52H88O6. The molecule has 0 aromatic heterocycles. The largest absolute Gasteiger partial charge is 0.462 e. The molecule has 6 nitrogen and oxygen atoms in total. The molecule has 0 spiro atoms. The molecule has 6 heteroatoms. The van der Waals surface area contributed by atoms with E-state index < -0.39 is 6.10 Å². The average Bonchev–Trinajstić information content (AvgIpc) is 3.22. The standard InChI is InChI=1S/C52H88O6/c1-4-7-10-13-16-19-22-25-27-30-33-36-39-42-45-51(54)57-48-49(47-56-50(53)44-41-38-35-32-29-24-21-18-15-12-9-6-3)58-52(55)46-43-40-37-34-31-28-26-23-20-17-14-11-8-5-2/h7-12,16-21,49H,4-6,13-15,22-48H2,1-3H3/b10-7-,11-8-,12-9-,19-16-,20-17-,21-18-. The predicted octanol–water partition coefficient (Wildman–Crippen LogP) is 15.5. The van der Waals surface area contributed by atoms with Gasteiger partial charge in [-0.25, -0.2) is 0 Å². The van der Waals surface area contributed by atoms with Crippen LogP contribution in [0.3, 0.4) is 0 Å². The number of carbonyl (C=O) groups excluding carboxylic acids is 3. The highest BCUT2D eigenvalue weighted by atomic mass is 16.6. The summed E-state index contributed by atoms with van der Waals surface area (Å²) in [7, 11) is 0. The molecule has 58 heavy (non-hydrogen) atoms. The van der Waals surface area contributed by atoms with E-state index in [9.17, 15) is 14.4 Å². The van der Waals surface area contributed by atoms with E-state index in [4.69, 9.17) is 14.2 Å². The van der Waals surface area contributed by atoms with Crippen LogP contribution in [0.4, 0.5) is 0 Å². The maximum absolute atomic E-state index is 12.8. The molecule has 0 aromatic rings. The molecule has 0 amide bonds. The van der Waals surface area contributed by atoms with Crippen LogP contribution in [0.15, 0.2) is 72.9 Å². The van der Waals surface area contributed by atoms with Crippen LogP contribution in [0, 0.1) is 0 Å². The van der Waals surface area contributed by atoms with E-state index in [0.717, 1.165) is 128 Å². The van der Waals surface area contributed by atoms with Crippen molar-refractivity contribution in [1.29, 1.82) is 0 Å². The Morgan fingerprint density at radius 2 is 0.621 bits per heavy atom. The van der Waals surface area contributed by atoms with Gasteiger partial charge in [0.15, 0.2) is 6.10 Å². The molecule has 0 saturated heterocycles. The Hall–Kier alpha value is -3.15. The van der Waals surface area contributed by atoms with E-state index in [1.54, 1.807) is 0 Å². The summed E-state index contributed by atoms with van der Waals surface area (Å²) in [6.07, 6.45) is 57.4. The molecule has 1 unspecified atom stereocenters. The maximum Gasteiger partial charge on any atom is 0.306 e. The number of allylic oxidation sites excluding steroid dienone is 12. The first-order chi connectivity index (χ1) is 28.5. The van der Waals surface area contributed by atoms with Crippen LogP contribution in [0.25, 0.3) is 0 Å². The Balaban J connectivity index is 4.42. The zero-order chi connectivity index (χ0) is 42.3. The lowest BCUT2D eigenvalue weighted by Crippen LogP contribution is -2.30. The van der Waals surface area contributed by atoms with Crippen molar-refractivity contribution in [3.63, 3.8) is 0 Å². The molecule has 0 rings (SSSR count). The van der Waals surface area contributed by atoms with E-state index in [1.165, 1.54) is 51.4 Å². The zero-order valence-electron chi connectivity index (χ0n) is 37.8. The maximum atomic E-state index is 12.8. The Morgan fingerprint density at radius 3 is 0.948 bits per heavy atom. The quantitative estimate of drug-likeness (QED) is 0.0264. The van der Waals surface area contributed by atoms with Crippen LogP contribution in [0.1, 0.15) is 220 Å². The molecule has 0 N–H and O–H groups in total. The molecule has 0 heterocycles. The van der Waals surface area contributed by atoms with Crippen LogP contribution in [0.2, 0.25) is 0 Å². The van der Waals surface area contributed by atoms with Crippen LogP contribution in [-0.4, -0.2) is 37.2 Å². The molecular weight excluding hydrogens is 721 g/mol. The van der Waals surface area contributed by atoms with Gasteiger partial charge in [0.05, 0.1) is 0 Å². The van der Waals surface area contributed by atoms with Gasteiger partial charge in [-0.15, -0.1) is 0 Å². The van der Waals surface area contributed by atoms with Gasteiger partial charge in [0.2, 0.25) is 0 Å². The molecule has 1 atom stereocenters. The van der Waals surface area contributed by atoms with Gasteiger partial charge in [-0.3, -0.25) is 14.4 Å². The van der Waals surface area contributed by atoms with E-state index in [-0.39, 0.29) is 31.1 Å². The highest BCUT2D eigenvalue weighted by molar-refractivity contribution is 5.71. The fraction of sp³-hybridized carbons (Fsp3) is 0.712. The van der Waals surface area contributed by atoms with Gasteiger partial charge < -0.3 is 14.2 Å². The Labute approximate surface area is 357 Å². The van der Waals surface area contributed by atoms with Gasteiger partial charge in [-0.2, -0.15) is 0 Å². The summed E-state index contributed by atoms with van der Waals surface area (Å²) in [6.45, 7) is 6.28. The molecule has 0 radical (unpaired) electrons. The molecule has 0 bridgehead atoms. The van der Waals surface area contributed by atoms with Crippen molar-refractivity contribution in [2.45, 2.75) is 226 Å².